The minimum absolute atomic E-state index is 0.135. The second kappa shape index (κ2) is 6.59. The molecule has 2 rings (SSSR count). The van der Waals surface area contributed by atoms with E-state index in [1.807, 2.05) is 19.1 Å². The summed E-state index contributed by atoms with van der Waals surface area (Å²) in [5.41, 5.74) is 0. The van der Waals surface area contributed by atoms with Gasteiger partial charge in [-0.05, 0) is 37.3 Å². The number of hydrogen-bond donors (Lipinski definition) is 2. The molecule has 1 aliphatic rings. The number of amides is 1. The van der Waals surface area contributed by atoms with Crippen LogP contribution in [0.3, 0.4) is 0 Å². The highest BCUT2D eigenvalue weighted by Gasteiger charge is 2.40. The van der Waals surface area contributed by atoms with Crippen LogP contribution in [0.4, 0.5) is 0 Å². The molecule has 0 bridgehead atoms. The van der Waals surface area contributed by atoms with E-state index in [2.05, 4.69) is 5.32 Å². The molecular formula is C14H18ClNO3S. The molecule has 1 fully saturated rings. The van der Waals surface area contributed by atoms with E-state index in [1.54, 1.807) is 0 Å². The van der Waals surface area contributed by atoms with Crippen molar-refractivity contribution in [3.05, 3.63) is 21.3 Å². The molecule has 20 heavy (non-hydrogen) atoms. The largest absolute Gasteiger partial charge is 0.481 e. The molecule has 110 valence electrons. The van der Waals surface area contributed by atoms with Crippen LogP contribution >= 0.6 is 22.9 Å². The fourth-order valence-corrected chi connectivity index (χ4v) is 3.87. The lowest BCUT2D eigenvalue weighted by molar-refractivity contribution is -0.146. The molecule has 1 aliphatic carbocycles. The van der Waals surface area contributed by atoms with Crippen molar-refractivity contribution < 1.29 is 14.7 Å². The first-order valence-electron chi connectivity index (χ1n) is 6.72. The summed E-state index contributed by atoms with van der Waals surface area (Å²) in [6, 6.07) is 3.78. The maximum Gasteiger partial charge on any atom is 0.307 e. The third-order valence-electron chi connectivity index (χ3n) is 3.75. The minimum Gasteiger partial charge on any atom is -0.481 e. The highest BCUT2D eigenvalue weighted by atomic mass is 35.5. The fourth-order valence-electron chi connectivity index (χ4n) is 2.78. The van der Waals surface area contributed by atoms with Gasteiger partial charge in [-0.1, -0.05) is 18.5 Å². The lowest BCUT2D eigenvalue weighted by atomic mass is 9.95. The van der Waals surface area contributed by atoms with Crippen LogP contribution < -0.4 is 5.32 Å². The van der Waals surface area contributed by atoms with Gasteiger partial charge in [-0.2, -0.15) is 0 Å². The summed E-state index contributed by atoms with van der Waals surface area (Å²) in [7, 11) is 0. The molecule has 0 aromatic carbocycles. The topological polar surface area (TPSA) is 66.4 Å². The van der Waals surface area contributed by atoms with E-state index in [0.717, 1.165) is 15.6 Å². The van der Waals surface area contributed by atoms with Crippen molar-refractivity contribution in [1.29, 1.82) is 0 Å². The van der Waals surface area contributed by atoms with Crippen molar-refractivity contribution in [3.63, 3.8) is 0 Å². The first-order valence-corrected chi connectivity index (χ1v) is 7.91. The van der Waals surface area contributed by atoms with Gasteiger partial charge in [0.05, 0.1) is 16.2 Å². The zero-order chi connectivity index (χ0) is 14.7. The van der Waals surface area contributed by atoms with Crippen LogP contribution in [0.25, 0.3) is 0 Å². The minimum atomic E-state index is -0.862. The molecule has 1 unspecified atom stereocenters. The quantitative estimate of drug-likeness (QED) is 0.878. The maximum atomic E-state index is 12.1. The van der Waals surface area contributed by atoms with Crippen LogP contribution in [0.5, 0.6) is 0 Å². The molecule has 0 spiro atoms. The van der Waals surface area contributed by atoms with Crippen molar-refractivity contribution in [2.24, 2.45) is 17.8 Å². The van der Waals surface area contributed by atoms with Crippen molar-refractivity contribution in [1.82, 2.24) is 5.32 Å². The summed E-state index contributed by atoms with van der Waals surface area (Å²) < 4.78 is 0.738. The maximum absolute atomic E-state index is 12.1. The summed E-state index contributed by atoms with van der Waals surface area (Å²) in [4.78, 5) is 24.4. The Morgan fingerprint density at radius 2 is 2.10 bits per heavy atom. The van der Waals surface area contributed by atoms with E-state index >= 15 is 0 Å². The van der Waals surface area contributed by atoms with Gasteiger partial charge in [0, 0.05) is 11.4 Å². The third-order valence-corrected chi connectivity index (χ3v) is 5.04. The van der Waals surface area contributed by atoms with Crippen molar-refractivity contribution in [2.75, 3.05) is 6.54 Å². The van der Waals surface area contributed by atoms with E-state index in [1.165, 1.54) is 11.3 Å². The highest BCUT2D eigenvalue weighted by molar-refractivity contribution is 7.16. The average Bonchev–Trinajstić information content (AvgIpc) is 2.95. The van der Waals surface area contributed by atoms with E-state index in [0.29, 0.717) is 25.3 Å². The third kappa shape index (κ3) is 3.73. The summed E-state index contributed by atoms with van der Waals surface area (Å²) in [6.45, 7) is 2.52. The Morgan fingerprint density at radius 1 is 1.40 bits per heavy atom. The van der Waals surface area contributed by atoms with E-state index in [9.17, 15) is 9.59 Å². The number of carbonyl (C=O) groups excluding carboxylic acids is 1. The molecule has 6 heteroatoms. The Balaban J connectivity index is 1.83. The Morgan fingerprint density at radius 3 is 2.70 bits per heavy atom. The first-order chi connectivity index (χ1) is 9.47. The lowest BCUT2D eigenvalue weighted by Gasteiger charge is -2.15. The molecule has 0 radical (unpaired) electrons. The van der Waals surface area contributed by atoms with Gasteiger partial charge in [0.25, 0.3) is 0 Å². The van der Waals surface area contributed by atoms with Gasteiger partial charge in [0.15, 0.2) is 0 Å². The predicted octanol–water partition coefficient (Wildman–Crippen LogP) is 2.81. The van der Waals surface area contributed by atoms with Crippen LogP contribution in [-0.4, -0.2) is 23.5 Å². The highest BCUT2D eigenvalue weighted by Crippen LogP contribution is 2.36. The lowest BCUT2D eigenvalue weighted by Crippen LogP contribution is -2.36. The Hall–Kier alpha value is -1.07. The summed E-state index contributed by atoms with van der Waals surface area (Å²) in [6.07, 6.45) is 1.98. The molecule has 2 N–H and O–H groups in total. The van der Waals surface area contributed by atoms with E-state index in [-0.39, 0.29) is 5.91 Å². The second-order valence-corrected chi connectivity index (χ2v) is 7.17. The average molecular weight is 316 g/mol. The fraction of sp³-hybridized carbons (Fsp3) is 0.571. The molecule has 3 atom stereocenters. The normalized spacial score (nSPS) is 25.6. The van der Waals surface area contributed by atoms with Gasteiger partial charge in [0.2, 0.25) is 5.91 Å². The van der Waals surface area contributed by atoms with Crippen LogP contribution in [0.2, 0.25) is 4.34 Å². The van der Waals surface area contributed by atoms with Crippen LogP contribution in [0.15, 0.2) is 12.1 Å². The molecule has 0 aliphatic heterocycles. The number of nitrogens with one attached hydrogen (secondary N) is 1. The van der Waals surface area contributed by atoms with Crippen molar-refractivity contribution in [3.8, 4) is 0 Å². The van der Waals surface area contributed by atoms with Gasteiger partial charge < -0.3 is 10.4 Å². The number of carboxylic acid groups (broad SMARTS) is 1. The van der Waals surface area contributed by atoms with Gasteiger partial charge in [-0.25, -0.2) is 0 Å². The molecule has 1 aromatic rings. The SMILES string of the molecule is CC1C[C@H](C(=O)NCCc2ccc(Cl)s2)[C@H](C(=O)O)C1. The van der Waals surface area contributed by atoms with Gasteiger partial charge in [-0.3, -0.25) is 9.59 Å². The molecular weight excluding hydrogens is 298 g/mol. The molecule has 0 saturated heterocycles. The number of carboxylic acids is 1. The Labute approximate surface area is 127 Å². The van der Waals surface area contributed by atoms with E-state index < -0.39 is 17.8 Å². The zero-order valence-electron chi connectivity index (χ0n) is 11.3. The molecule has 1 saturated carbocycles. The number of halogens is 1. The summed E-state index contributed by atoms with van der Waals surface area (Å²) >= 11 is 7.34. The van der Waals surface area contributed by atoms with Crippen LogP contribution in [-0.2, 0) is 16.0 Å². The molecule has 1 heterocycles. The molecule has 1 amide bonds. The first kappa shape index (κ1) is 15.3. The van der Waals surface area contributed by atoms with E-state index in [4.69, 9.17) is 16.7 Å². The smallest absolute Gasteiger partial charge is 0.307 e. The predicted molar refractivity (Wildman–Crippen MR) is 79.1 cm³/mol. The number of rotatable bonds is 5. The van der Waals surface area contributed by atoms with Crippen LogP contribution in [0, 0.1) is 17.8 Å². The van der Waals surface area contributed by atoms with Gasteiger partial charge in [0.1, 0.15) is 0 Å². The van der Waals surface area contributed by atoms with Crippen LogP contribution in [0.1, 0.15) is 24.6 Å². The van der Waals surface area contributed by atoms with Gasteiger partial charge >= 0.3 is 5.97 Å². The molecule has 1 aromatic heterocycles. The number of aliphatic carboxylic acids is 1. The monoisotopic (exact) mass is 315 g/mol. The molecule has 4 nitrogen and oxygen atoms in total. The van der Waals surface area contributed by atoms with Crippen molar-refractivity contribution >= 4 is 34.8 Å². The summed E-state index contributed by atoms with van der Waals surface area (Å²) in [5.74, 6) is -1.64. The zero-order valence-corrected chi connectivity index (χ0v) is 12.8. The number of hydrogen-bond acceptors (Lipinski definition) is 3. The van der Waals surface area contributed by atoms with Crippen molar-refractivity contribution in [2.45, 2.75) is 26.2 Å². The number of carbonyl (C=O) groups is 2. The Bertz CT molecular complexity index is 502. The Kier molecular flexibility index (Phi) is 5.05. The standard InChI is InChI=1S/C14H18ClNO3S/c1-8-6-10(11(7-8)14(18)19)13(17)16-5-4-9-2-3-12(15)20-9/h2-3,8,10-11H,4-7H2,1H3,(H,16,17)(H,18,19)/t8?,10-,11+/m0/s1. The summed E-state index contributed by atoms with van der Waals surface area (Å²) in [5, 5.41) is 12.0. The van der Waals surface area contributed by atoms with Gasteiger partial charge in [-0.15, -0.1) is 11.3 Å². The second-order valence-electron chi connectivity index (χ2n) is 5.37. The number of thiophene rings is 1.